The van der Waals surface area contributed by atoms with E-state index in [1.54, 1.807) is 30.7 Å². The van der Waals surface area contributed by atoms with Crippen LogP contribution in [0.5, 0.6) is 0 Å². The molecule has 5 aliphatic heterocycles. The van der Waals surface area contributed by atoms with Crippen LogP contribution in [0, 0.1) is 42.9 Å². The second-order valence-corrected chi connectivity index (χ2v) is 27.4. The molecule has 0 bridgehead atoms. The first-order chi connectivity index (χ1) is 54.9. The zero-order valence-electron chi connectivity index (χ0n) is 61.0. The molecule has 0 radical (unpaired) electrons. The lowest BCUT2D eigenvalue weighted by molar-refractivity contribution is 0.583. The summed E-state index contributed by atoms with van der Waals surface area (Å²) in [5, 5.41) is 0. The molecule has 10 heterocycles. The third kappa shape index (κ3) is 16.2. The van der Waals surface area contributed by atoms with Crippen molar-refractivity contribution in [2.24, 2.45) is 25.0 Å². The van der Waals surface area contributed by atoms with Gasteiger partial charge in [-0.05, 0) is 213 Å². The predicted molar refractivity (Wildman–Crippen MR) is 441 cm³/mol. The van der Waals surface area contributed by atoms with Gasteiger partial charge < -0.3 is 0 Å². The number of fused-ring (bicyclic) bond motifs is 5. The molecule has 0 fully saturated rings. The Balaban J connectivity index is 0.000000106. The number of hydrogen-bond acceptors (Lipinski definition) is 10. The van der Waals surface area contributed by atoms with Gasteiger partial charge in [-0.2, -0.15) is 0 Å². The van der Waals surface area contributed by atoms with E-state index in [0.29, 0.717) is 30.0 Å². The van der Waals surface area contributed by atoms with Crippen LogP contribution in [0.3, 0.4) is 0 Å². The number of hydrogen-bond donors (Lipinski definition) is 0. The smallest absolute Gasteiger partial charge is 0.135 e. The first kappa shape index (κ1) is 72.2. The Morgan fingerprint density at radius 3 is 0.902 bits per heavy atom. The number of aromatic nitrogens is 5. The van der Waals surface area contributed by atoms with E-state index in [0.717, 1.165) is 127 Å². The number of benzene rings is 10. The summed E-state index contributed by atoms with van der Waals surface area (Å²) in [5.41, 5.74) is 32.7. The molecule has 0 atom stereocenters. The summed E-state index contributed by atoms with van der Waals surface area (Å²) in [7, 11) is 0. The van der Waals surface area contributed by atoms with Crippen LogP contribution in [0.25, 0.3) is 112 Å². The summed E-state index contributed by atoms with van der Waals surface area (Å²) < 4.78 is 67.5. The van der Waals surface area contributed by atoms with Crippen molar-refractivity contribution in [2.75, 3.05) is 0 Å². The van der Waals surface area contributed by atoms with Crippen molar-refractivity contribution in [3.05, 3.63) is 388 Å². The highest BCUT2D eigenvalue weighted by Crippen LogP contribution is 2.39. The molecule has 542 valence electrons. The molecular formula is C97H69F5N10. The van der Waals surface area contributed by atoms with Crippen molar-refractivity contribution < 1.29 is 22.0 Å². The number of pyridine rings is 5. The minimum absolute atomic E-state index is 0.241. The third-order valence-electron chi connectivity index (χ3n) is 19.8. The topological polar surface area (TPSA) is 126 Å². The summed E-state index contributed by atoms with van der Waals surface area (Å²) in [6.45, 7) is 7.96. The van der Waals surface area contributed by atoms with E-state index in [2.05, 4.69) is 179 Å². The van der Waals surface area contributed by atoms with Crippen LogP contribution in [0.4, 0.5) is 22.0 Å². The van der Waals surface area contributed by atoms with Crippen LogP contribution in [0.15, 0.2) is 317 Å². The first-order valence-electron chi connectivity index (χ1n) is 36.6. The minimum atomic E-state index is -0.618. The van der Waals surface area contributed by atoms with E-state index in [1.165, 1.54) is 97.6 Å². The molecule has 0 aliphatic carbocycles. The number of rotatable bonds is 10. The second-order valence-electron chi connectivity index (χ2n) is 27.4. The van der Waals surface area contributed by atoms with Crippen molar-refractivity contribution >= 4 is 31.1 Å². The Kier molecular flexibility index (Phi) is 21.1. The maximum atomic E-state index is 14.2. The molecule has 0 amide bonds. The van der Waals surface area contributed by atoms with Crippen LogP contribution in [0.2, 0.25) is 0 Å². The maximum absolute atomic E-state index is 14.2. The van der Waals surface area contributed by atoms with Gasteiger partial charge in [-0.15, -0.1) is 0 Å². The average Bonchev–Trinajstić information content (AvgIpc) is 1.26. The Morgan fingerprint density at radius 1 is 0.214 bits per heavy atom. The van der Waals surface area contributed by atoms with Crippen molar-refractivity contribution in [2.45, 2.75) is 46.6 Å². The van der Waals surface area contributed by atoms with Crippen molar-refractivity contribution in [1.82, 2.24) is 24.9 Å². The largest absolute Gasteiger partial charge is 0.288 e. The maximum Gasteiger partial charge on any atom is 0.135 e. The molecule has 112 heavy (non-hydrogen) atoms. The van der Waals surface area contributed by atoms with Gasteiger partial charge in [0.2, 0.25) is 0 Å². The Labute approximate surface area is 645 Å². The van der Waals surface area contributed by atoms with Crippen LogP contribution in [0.1, 0.15) is 66.8 Å². The molecule has 10 nitrogen and oxygen atoms in total. The monoisotopic (exact) mass is 1470 g/mol. The van der Waals surface area contributed by atoms with E-state index in [4.69, 9.17) is 0 Å². The molecular weight excluding hydrogens is 1400 g/mol. The summed E-state index contributed by atoms with van der Waals surface area (Å²) in [6, 6.07) is 81.6. The highest BCUT2D eigenvalue weighted by atomic mass is 19.1. The van der Waals surface area contributed by atoms with E-state index in [1.807, 2.05) is 128 Å². The van der Waals surface area contributed by atoms with Gasteiger partial charge in [0.25, 0.3) is 0 Å². The van der Waals surface area contributed by atoms with Crippen molar-refractivity contribution in [3.8, 4) is 112 Å². The third-order valence-corrected chi connectivity index (χ3v) is 19.8. The summed E-state index contributed by atoms with van der Waals surface area (Å²) in [6.07, 6.45) is 18.2. The number of halogens is 5. The average molecular weight is 1470 g/mol. The molecule has 15 aromatic rings. The van der Waals surface area contributed by atoms with Gasteiger partial charge in [0, 0.05) is 130 Å². The molecule has 0 saturated carbocycles. The van der Waals surface area contributed by atoms with Gasteiger partial charge in [-0.25, -0.2) is 22.0 Å². The normalized spacial score (nSPS) is 12.4. The lowest BCUT2D eigenvalue weighted by atomic mass is 9.96. The fourth-order valence-corrected chi connectivity index (χ4v) is 14.2. The molecule has 0 unspecified atom stereocenters. The summed E-state index contributed by atoms with van der Waals surface area (Å²) in [5.74, 6) is -2.68. The minimum Gasteiger partial charge on any atom is -0.288 e. The molecule has 0 spiro atoms. The number of aliphatic imine (C=N–C) groups is 5. The van der Waals surface area contributed by atoms with E-state index in [-0.39, 0.29) is 11.4 Å². The summed E-state index contributed by atoms with van der Waals surface area (Å²) >= 11 is 0. The number of aryl methyl sites for hydroxylation is 2. The van der Waals surface area contributed by atoms with Gasteiger partial charge in [-0.1, -0.05) is 145 Å². The SMILES string of the molecule is Cc1ccc(-c2ncccc2-c2ccc3c(c2)C=NC3)cc1.Cc1cccc(-c2ncccc2-c2ccc3c(c2)C=NC3)c1.Fc1cc(F)cc(-c2ncccc2-c2ccc3c(c2)C=NC3)c1.Fc1ccc(-c2ncccc2-c2ccc3c(c2)C=NC3)c(F)c1.Fc1ccc(-c2ncccc2-c2ccc3c(c2)C=NC3)cc1. The van der Waals surface area contributed by atoms with Crippen molar-refractivity contribution in [1.29, 1.82) is 0 Å². The molecule has 20 rings (SSSR count). The van der Waals surface area contributed by atoms with Crippen LogP contribution in [-0.4, -0.2) is 56.0 Å². The highest BCUT2D eigenvalue weighted by molar-refractivity contribution is 5.94. The fourth-order valence-electron chi connectivity index (χ4n) is 14.2. The van der Waals surface area contributed by atoms with Crippen molar-refractivity contribution in [3.63, 3.8) is 0 Å². The fraction of sp³-hybridized carbons (Fsp3) is 0.0722. The zero-order valence-corrected chi connectivity index (χ0v) is 61.0. The van der Waals surface area contributed by atoms with Crippen LogP contribution >= 0.6 is 0 Å². The van der Waals surface area contributed by atoms with Crippen LogP contribution < -0.4 is 0 Å². The molecule has 10 aromatic carbocycles. The molecule has 5 aliphatic rings. The van der Waals surface area contributed by atoms with E-state index in [9.17, 15) is 22.0 Å². The lowest BCUT2D eigenvalue weighted by Gasteiger charge is -2.11. The van der Waals surface area contributed by atoms with Gasteiger partial charge in [0.1, 0.15) is 29.1 Å². The highest BCUT2D eigenvalue weighted by Gasteiger charge is 2.20. The Bertz CT molecular complexity index is 6060. The van der Waals surface area contributed by atoms with Gasteiger partial charge in [-0.3, -0.25) is 49.9 Å². The zero-order chi connectivity index (χ0) is 76.4. The second kappa shape index (κ2) is 32.8. The van der Waals surface area contributed by atoms with Gasteiger partial charge >= 0.3 is 0 Å². The quantitative estimate of drug-likeness (QED) is 0.126. The first-order valence-corrected chi connectivity index (χ1v) is 36.6. The Morgan fingerprint density at radius 2 is 0.536 bits per heavy atom. The van der Waals surface area contributed by atoms with Gasteiger partial charge in [0.15, 0.2) is 0 Å². The van der Waals surface area contributed by atoms with E-state index < -0.39 is 23.3 Å². The lowest BCUT2D eigenvalue weighted by Crippen LogP contribution is -1.94. The number of nitrogens with zero attached hydrogens (tertiary/aromatic N) is 10. The molecule has 15 heteroatoms. The summed E-state index contributed by atoms with van der Waals surface area (Å²) in [4.78, 5) is 43.8. The Hall–Kier alpha value is -14.1. The molecule has 0 N–H and O–H groups in total. The standard InChI is InChI=1S/2C20H16N2.2C19H12F2N2.C19H13FN2/c1-14-4-2-5-16(10-14)20-19(6-3-9-22-20)15-7-8-17-12-21-13-18(17)11-15;1-14-4-6-15(7-5-14)20-19(3-2-10-22-20)16-8-9-17-12-21-13-18(17)11-16;20-15-5-6-17(18(21)9-15)19-16(2-1-7-23-19)12-3-4-13-10-22-11-14(13)8-12;20-16-7-14(8-17(21)9-16)19-18(2-1-5-23-19)12-3-4-13-10-22-11-15(13)6-12;20-17-7-5-13(6-8-17)19-18(2-1-9-22-19)14-3-4-15-11-21-12-16(15)10-14/h2*2-11,13H,12H2,1H3;2*1-9,11H,10H2;1-10,12H,11H2. The van der Waals surface area contributed by atoms with Crippen LogP contribution in [-0.2, 0) is 32.7 Å². The predicted octanol–water partition coefficient (Wildman–Crippen LogP) is 23.1. The molecule has 0 saturated heterocycles. The molecule has 5 aromatic heterocycles. The van der Waals surface area contributed by atoms with E-state index >= 15 is 0 Å². The van der Waals surface area contributed by atoms with Gasteiger partial charge in [0.05, 0.1) is 61.2 Å².